The summed E-state index contributed by atoms with van der Waals surface area (Å²) < 4.78 is 5.51. The normalized spacial score (nSPS) is 9.67. The number of furan rings is 1. The number of carbonyl (C=O) groups excluding carboxylic acids is 1. The fourth-order valence-corrected chi connectivity index (χ4v) is 1.13. The van der Waals surface area contributed by atoms with Crippen LogP contribution in [0.3, 0.4) is 0 Å². The Hall–Kier alpha value is -1.50. The molecule has 0 fully saturated rings. The van der Waals surface area contributed by atoms with Gasteiger partial charge < -0.3 is 14.8 Å². The summed E-state index contributed by atoms with van der Waals surface area (Å²) in [6.45, 7) is 0.0725. The molecule has 15 heavy (non-hydrogen) atoms. The average molecular weight is 277 g/mol. The van der Waals surface area contributed by atoms with Gasteiger partial charge in [-0.3, -0.25) is 10.1 Å². The van der Waals surface area contributed by atoms with Gasteiger partial charge in [0.15, 0.2) is 4.67 Å². The molecule has 0 aliphatic heterocycles. The first-order valence-corrected chi connectivity index (χ1v) is 4.89. The number of hydrogen-bond donors (Lipinski definition) is 3. The van der Waals surface area contributed by atoms with E-state index in [0.717, 1.165) is 0 Å². The zero-order valence-corrected chi connectivity index (χ0v) is 9.20. The standard InChI is InChI=1S/C8H9BrN2O4/c9-5-1-2-6(15-5)11-8(14)10-4-3-7(12)13/h1-2H,3-4H2,(H,12,13)(H2,10,11,14). The van der Waals surface area contributed by atoms with E-state index in [1.165, 1.54) is 0 Å². The van der Waals surface area contributed by atoms with Gasteiger partial charge in [0.25, 0.3) is 0 Å². The number of halogens is 1. The van der Waals surface area contributed by atoms with E-state index in [1.807, 2.05) is 0 Å². The Morgan fingerprint density at radius 3 is 2.73 bits per heavy atom. The minimum absolute atomic E-state index is 0.0725. The minimum Gasteiger partial charge on any atom is -0.481 e. The molecule has 1 aromatic heterocycles. The monoisotopic (exact) mass is 276 g/mol. The molecule has 0 saturated heterocycles. The first kappa shape index (κ1) is 11.6. The largest absolute Gasteiger partial charge is 0.481 e. The minimum atomic E-state index is -0.962. The van der Waals surface area contributed by atoms with Crippen LogP contribution in [0.25, 0.3) is 0 Å². The molecule has 0 bridgehead atoms. The molecule has 1 rings (SSSR count). The van der Waals surface area contributed by atoms with Crippen molar-refractivity contribution in [1.29, 1.82) is 0 Å². The third-order valence-corrected chi connectivity index (χ3v) is 1.86. The summed E-state index contributed by atoms with van der Waals surface area (Å²) in [6, 6.07) is 2.70. The van der Waals surface area contributed by atoms with Gasteiger partial charge in [-0.05, 0) is 22.0 Å². The Balaban J connectivity index is 2.27. The van der Waals surface area contributed by atoms with Crippen LogP contribution in [0.2, 0.25) is 0 Å². The molecule has 6 nitrogen and oxygen atoms in total. The highest BCUT2D eigenvalue weighted by Crippen LogP contribution is 2.17. The maximum absolute atomic E-state index is 11.1. The molecule has 1 aromatic rings. The third kappa shape index (κ3) is 4.50. The fraction of sp³-hybridized carbons (Fsp3) is 0.250. The molecule has 0 aromatic carbocycles. The Morgan fingerprint density at radius 1 is 1.47 bits per heavy atom. The number of carboxylic acids is 1. The summed E-state index contributed by atoms with van der Waals surface area (Å²) in [4.78, 5) is 21.3. The van der Waals surface area contributed by atoms with E-state index in [1.54, 1.807) is 12.1 Å². The number of carbonyl (C=O) groups is 2. The number of nitrogens with one attached hydrogen (secondary N) is 2. The topological polar surface area (TPSA) is 91.6 Å². The molecule has 1 heterocycles. The lowest BCUT2D eigenvalue weighted by molar-refractivity contribution is -0.136. The van der Waals surface area contributed by atoms with Gasteiger partial charge in [-0.1, -0.05) is 0 Å². The van der Waals surface area contributed by atoms with Crippen LogP contribution < -0.4 is 10.6 Å². The van der Waals surface area contributed by atoms with Gasteiger partial charge in [-0.25, -0.2) is 4.79 Å². The van der Waals surface area contributed by atoms with Gasteiger partial charge in [0.05, 0.1) is 6.42 Å². The molecule has 0 atom stereocenters. The van der Waals surface area contributed by atoms with Gasteiger partial charge in [0.1, 0.15) is 0 Å². The number of hydrogen-bond acceptors (Lipinski definition) is 3. The summed E-state index contributed by atoms with van der Waals surface area (Å²) >= 11 is 3.08. The second kappa shape index (κ2) is 5.40. The van der Waals surface area contributed by atoms with E-state index in [-0.39, 0.29) is 18.8 Å². The molecular weight excluding hydrogens is 268 g/mol. The molecule has 2 amide bonds. The van der Waals surface area contributed by atoms with Crippen molar-refractivity contribution in [2.24, 2.45) is 0 Å². The van der Waals surface area contributed by atoms with Crippen LogP contribution in [0, 0.1) is 0 Å². The lowest BCUT2D eigenvalue weighted by Gasteiger charge is -2.02. The number of urea groups is 1. The van der Waals surface area contributed by atoms with E-state index in [0.29, 0.717) is 4.67 Å². The molecule has 0 unspecified atom stereocenters. The Labute approximate surface area is 93.8 Å². The smallest absolute Gasteiger partial charge is 0.321 e. The molecule has 7 heteroatoms. The van der Waals surface area contributed by atoms with Crippen molar-refractivity contribution in [2.45, 2.75) is 6.42 Å². The van der Waals surface area contributed by atoms with Crippen molar-refractivity contribution in [3.05, 3.63) is 16.8 Å². The van der Waals surface area contributed by atoms with Gasteiger partial charge in [-0.2, -0.15) is 0 Å². The summed E-state index contributed by atoms with van der Waals surface area (Å²) in [5, 5.41) is 13.1. The number of carboxylic acid groups (broad SMARTS) is 1. The second-order valence-corrected chi connectivity index (χ2v) is 3.41. The van der Waals surface area contributed by atoms with Gasteiger partial charge in [0.2, 0.25) is 5.88 Å². The van der Waals surface area contributed by atoms with Crippen LogP contribution in [0.5, 0.6) is 0 Å². The molecule has 0 aliphatic carbocycles. The van der Waals surface area contributed by atoms with Crippen LogP contribution in [-0.4, -0.2) is 23.7 Å². The Morgan fingerprint density at radius 2 is 2.20 bits per heavy atom. The highest BCUT2D eigenvalue weighted by Gasteiger charge is 2.05. The van der Waals surface area contributed by atoms with Gasteiger partial charge >= 0.3 is 12.0 Å². The maximum Gasteiger partial charge on any atom is 0.321 e. The number of anilines is 1. The number of rotatable bonds is 4. The molecule has 0 saturated carbocycles. The Kier molecular flexibility index (Phi) is 4.17. The quantitative estimate of drug-likeness (QED) is 0.780. The van der Waals surface area contributed by atoms with E-state index < -0.39 is 12.0 Å². The van der Waals surface area contributed by atoms with E-state index >= 15 is 0 Å². The van der Waals surface area contributed by atoms with Gasteiger partial charge in [-0.15, -0.1) is 0 Å². The molecule has 0 spiro atoms. The number of amides is 2. The highest BCUT2D eigenvalue weighted by atomic mass is 79.9. The van der Waals surface area contributed by atoms with Crippen molar-refractivity contribution in [3.8, 4) is 0 Å². The van der Waals surface area contributed by atoms with Crippen molar-refractivity contribution < 1.29 is 19.1 Å². The predicted molar refractivity (Wildman–Crippen MR) is 55.7 cm³/mol. The summed E-state index contributed by atoms with van der Waals surface area (Å²) in [7, 11) is 0. The van der Waals surface area contributed by atoms with E-state index in [4.69, 9.17) is 9.52 Å². The number of aliphatic carboxylic acids is 1. The summed E-state index contributed by atoms with van der Waals surface area (Å²) in [5.41, 5.74) is 0. The van der Waals surface area contributed by atoms with Crippen LogP contribution in [0.1, 0.15) is 6.42 Å². The highest BCUT2D eigenvalue weighted by molar-refractivity contribution is 9.10. The molecular formula is C8H9BrN2O4. The maximum atomic E-state index is 11.1. The molecule has 3 N–H and O–H groups in total. The first-order chi connectivity index (χ1) is 7.08. The van der Waals surface area contributed by atoms with Crippen LogP contribution >= 0.6 is 15.9 Å². The van der Waals surface area contributed by atoms with Crippen LogP contribution in [0.4, 0.5) is 10.7 Å². The van der Waals surface area contributed by atoms with Crippen molar-refractivity contribution in [2.75, 3.05) is 11.9 Å². The zero-order chi connectivity index (χ0) is 11.3. The molecule has 82 valence electrons. The predicted octanol–water partition coefficient (Wildman–Crippen LogP) is 1.64. The van der Waals surface area contributed by atoms with Crippen molar-refractivity contribution in [1.82, 2.24) is 5.32 Å². The van der Waals surface area contributed by atoms with E-state index in [9.17, 15) is 9.59 Å². The Bertz CT molecular complexity index is 363. The second-order valence-electron chi connectivity index (χ2n) is 2.63. The average Bonchev–Trinajstić information content (AvgIpc) is 2.50. The zero-order valence-electron chi connectivity index (χ0n) is 7.62. The van der Waals surface area contributed by atoms with Crippen LogP contribution in [-0.2, 0) is 4.79 Å². The fourth-order valence-electron chi connectivity index (χ4n) is 0.821. The van der Waals surface area contributed by atoms with Crippen molar-refractivity contribution >= 4 is 33.8 Å². The van der Waals surface area contributed by atoms with E-state index in [2.05, 4.69) is 26.6 Å². The third-order valence-electron chi connectivity index (χ3n) is 1.43. The van der Waals surface area contributed by atoms with Gasteiger partial charge in [0, 0.05) is 12.6 Å². The molecule has 0 aliphatic rings. The molecule has 0 radical (unpaired) electrons. The lowest BCUT2D eigenvalue weighted by atomic mass is 10.4. The first-order valence-electron chi connectivity index (χ1n) is 4.10. The van der Waals surface area contributed by atoms with Crippen LogP contribution in [0.15, 0.2) is 21.2 Å². The SMILES string of the molecule is O=C(O)CCNC(=O)Nc1ccc(Br)o1. The van der Waals surface area contributed by atoms with Crippen molar-refractivity contribution in [3.63, 3.8) is 0 Å². The summed E-state index contributed by atoms with van der Waals surface area (Å²) in [5.74, 6) is -0.675. The summed E-state index contributed by atoms with van der Waals surface area (Å²) in [6.07, 6.45) is -0.116. The lowest BCUT2D eigenvalue weighted by Crippen LogP contribution is -2.30.